The number of allylic oxidation sites excluding steroid dienone is 2. The summed E-state index contributed by atoms with van der Waals surface area (Å²) < 4.78 is 0.980. The van der Waals surface area contributed by atoms with Crippen molar-refractivity contribution < 1.29 is 4.79 Å². The zero-order valence-electron chi connectivity index (χ0n) is 10.6. The van der Waals surface area contributed by atoms with E-state index in [0.29, 0.717) is 0 Å². The second-order valence-electron chi connectivity index (χ2n) is 3.91. The van der Waals surface area contributed by atoms with Gasteiger partial charge >= 0.3 is 0 Å². The lowest BCUT2D eigenvalue weighted by molar-refractivity contribution is 0.0819. The van der Waals surface area contributed by atoms with Crippen molar-refractivity contribution >= 4 is 28.5 Å². The van der Waals surface area contributed by atoms with Gasteiger partial charge in [-0.3, -0.25) is 4.79 Å². The maximum Gasteiger partial charge on any atom is 0.258 e. The lowest BCUT2D eigenvalue weighted by Gasteiger charge is -2.18. The van der Waals surface area contributed by atoms with E-state index in [-0.39, 0.29) is 5.91 Å². The van der Waals surface area contributed by atoms with Crippen LogP contribution in [0.2, 0.25) is 0 Å². The van der Waals surface area contributed by atoms with Gasteiger partial charge in [-0.25, -0.2) is 0 Å². The standard InChI is InChI=1S/C15H18INO/c1-3-5-11-17(12-6-4-2)15(18)13-9-7-8-10-14(13)16/h3,5,7-11H,1,4,6,12H2,2H3/b11-5+. The van der Waals surface area contributed by atoms with Gasteiger partial charge in [0.15, 0.2) is 0 Å². The van der Waals surface area contributed by atoms with E-state index in [1.54, 1.807) is 23.3 Å². The first-order chi connectivity index (χ1) is 8.70. The number of benzene rings is 1. The molecule has 0 saturated carbocycles. The molecule has 1 aromatic rings. The van der Waals surface area contributed by atoms with Crippen molar-refractivity contribution in [3.05, 3.63) is 58.3 Å². The van der Waals surface area contributed by atoms with Gasteiger partial charge in [-0.15, -0.1) is 0 Å². The van der Waals surface area contributed by atoms with Crippen molar-refractivity contribution in [2.45, 2.75) is 19.8 Å². The number of amides is 1. The van der Waals surface area contributed by atoms with E-state index in [2.05, 4.69) is 36.1 Å². The van der Waals surface area contributed by atoms with Crippen LogP contribution < -0.4 is 0 Å². The quantitative estimate of drug-likeness (QED) is 0.552. The molecule has 0 saturated heterocycles. The van der Waals surface area contributed by atoms with E-state index in [9.17, 15) is 4.79 Å². The van der Waals surface area contributed by atoms with Crippen molar-refractivity contribution in [2.24, 2.45) is 0 Å². The Bertz CT molecular complexity index is 440. The molecule has 0 unspecified atom stereocenters. The number of unbranched alkanes of at least 4 members (excludes halogenated alkanes) is 1. The van der Waals surface area contributed by atoms with Crippen LogP contribution in [-0.2, 0) is 0 Å². The minimum absolute atomic E-state index is 0.0477. The maximum absolute atomic E-state index is 12.4. The largest absolute Gasteiger partial charge is 0.315 e. The van der Waals surface area contributed by atoms with Crippen LogP contribution in [-0.4, -0.2) is 17.4 Å². The van der Waals surface area contributed by atoms with Crippen LogP contribution in [0.5, 0.6) is 0 Å². The highest BCUT2D eigenvalue weighted by molar-refractivity contribution is 14.1. The molecule has 0 aliphatic carbocycles. The molecule has 2 nitrogen and oxygen atoms in total. The van der Waals surface area contributed by atoms with E-state index in [0.717, 1.165) is 28.5 Å². The Balaban J connectivity index is 2.91. The third-order valence-electron chi connectivity index (χ3n) is 2.52. The van der Waals surface area contributed by atoms with E-state index >= 15 is 0 Å². The number of rotatable bonds is 6. The van der Waals surface area contributed by atoms with Crippen LogP contribution in [0.3, 0.4) is 0 Å². The summed E-state index contributed by atoms with van der Waals surface area (Å²) in [5.41, 5.74) is 0.753. The highest BCUT2D eigenvalue weighted by Crippen LogP contribution is 2.14. The Hall–Kier alpha value is -1.10. The van der Waals surface area contributed by atoms with E-state index in [1.807, 2.05) is 24.3 Å². The normalized spacial score (nSPS) is 10.6. The van der Waals surface area contributed by atoms with Gasteiger partial charge in [0.25, 0.3) is 5.91 Å². The Kier molecular flexibility index (Phi) is 6.72. The Labute approximate surface area is 123 Å². The van der Waals surface area contributed by atoms with Gasteiger partial charge in [0.2, 0.25) is 0 Å². The molecule has 0 fully saturated rings. The summed E-state index contributed by atoms with van der Waals surface area (Å²) in [5, 5.41) is 0. The predicted octanol–water partition coefficient (Wildman–Crippen LogP) is 4.23. The lowest BCUT2D eigenvalue weighted by atomic mass is 10.2. The minimum atomic E-state index is 0.0477. The molecule has 0 aliphatic rings. The van der Waals surface area contributed by atoms with Crippen LogP contribution >= 0.6 is 22.6 Å². The van der Waals surface area contributed by atoms with E-state index in [1.165, 1.54) is 0 Å². The van der Waals surface area contributed by atoms with Gasteiger partial charge in [-0.1, -0.05) is 38.1 Å². The summed E-state index contributed by atoms with van der Waals surface area (Å²) in [6.45, 7) is 6.49. The molecule has 0 aromatic heterocycles. The van der Waals surface area contributed by atoms with Crippen LogP contribution in [0.25, 0.3) is 0 Å². The summed E-state index contributed by atoms with van der Waals surface area (Å²) in [5.74, 6) is 0.0477. The van der Waals surface area contributed by atoms with Crippen molar-refractivity contribution in [3.8, 4) is 0 Å². The second kappa shape index (κ2) is 8.08. The van der Waals surface area contributed by atoms with Crippen LogP contribution in [0, 0.1) is 3.57 Å². The van der Waals surface area contributed by atoms with Gasteiger partial charge < -0.3 is 4.90 Å². The molecule has 0 aliphatic heterocycles. The van der Waals surface area contributed by atoms with E-state index < -0.39 is 0 Å². The highest BCUT2D eigenvalue weighted by atomic mass is 127. The number of hydrogen-bond acceptors (Lipinski definition) is 1. The van der Waals surface area contributed by atoms with Crippen molar-refractivity contribution in [1.82, 2.24) is 4.90 Å². The van der Waals surface area contributed by atoms with Gasteiger partial charge in [0, 0.05) is 16.3 Å². The van der Waals surface area contributed by atoms with Crippen molar-refractivity contribution in [1.29, 1.82) is 0 Å². The highest BCUT2D eigenvalue weighted by Gasteiger charge is 2.14. The van der Waals surface area contributed by atoms with Crippen LogP contribution in [0.4, 0.5) is 0 Å². The molecule has 0 atom stereocenters. The molecule has 0 heterocycles. The van der Waals surface area contributed by atoms with Crippen molar-refractivity contribution in [2.75, 3.05) is 6.54 Å². The van der Waals surface area contributed by atoms with Crippen LogP contribution in [0.1, 0.15) is 30.1 Å². The molecule has 0 N–H and O–H groups in total. The predicted molar refractivity (Wildman–Crippen MR) is 84.4 cm³/mol. The Morgan fingerprint density at radius 2 is 2.17 bits per heavy atom. The Morgan fingerprint density at radius 1 is 1.44 bits per heavy atom. The third-order valence-corrected chi connectivity index (χ3v) is 3.46. The summed E-state index contributed by atoms with van der Waals surface area (Å²) >= 11 is 2.19. The molecule has 0 radical (unpaired) electrons. The Morgan fingerprint density at radius 3 is 2.78 bits per heavy atom. The molecule has 18 heavy (non-hydrogen) atoms. The number of hydrogen-bond donors (Lipinski definition) is 0. The minimum Gasteiger partial charge on any atom is -0.315 e. The van der Waals surface area contributed by atoms with Gasteiger partial charge in [0.1, 0.15) is 0 Å². The molecule has 1 amide bonds. The average Bonchev–Trinajstić information content (AvgIpc) is 2.39. The zero-order valence-corrected chi connectivity index (χ0v) is 12.8. The monoisotopic (exact) mass is 355 g/mol. The molecule has 0 bridgehead atoms. The number of carbonyl (C=O) groups excluding carboxylic acids is 1. The molecule has 0 spiro atoms. The number of nitrogens with zero attached hydrogens (tertiary/aromatic N) is 1. The third kappa shape index (κ3) is 4.29. The topological polar surface area (TPSA) is 20.3 Å². The van der Waals surface area contributed by atoms with Crippen molar-refractivity contribution in [3.63, 3.8) is 0 Å². The molecule has 3 heteroatoms. The fourth-order valence-electron chi connectivity index (χ4n) is 1.53. The second-order valence-corrected chi connectivity index (χ2v) is 5.07. The average molecular weight is 355 g/mol. The van der Waals surface area contributed by atoms with Gasteiger partial charge in [-0.2, -0.15) is 0 Å². The summed E-state index contributed by atoms with van der Waals surface area (Å²) in [7, 11) is 0. The summed E-state index contributed by atoms with van der Waals surface area (Å²) in [4.78, 5) is 14.2. The van der Waals surface area contributed by atoms with Crippen LogP contribution in [0.15, 0.2) is 49.2 Å². The molecular formula is C15H18INO. The first kappa shape index (κ1) is 15.0. The molecule has 1 rings (SSSR count). The fraction of sp³-hybridized carbons (Fsp3) is 0.267. The molecule has 96 valence electrons. The molecular weight excluding hydrogens is 337 g/mol. The number of halogens is 1. The first-order valence-corrected chi connectivity index (χ1v) is 7.13. The van der Waals surface area contributed by atoms with Gasteiger partial charge in [0.05, 0.1) is 5.56 Å². The number of carbonyl (C=O) groups is 1. The smallest absolute Gasteiger partial charge is 0.258 e. The van der Waals surface area contributed by atoms with Gasteiger partial charge in [-0.05, 0) is 47.2 Å². The SMILES string of the molecule is C=C/C=C/N(CCCC)C(=O)c1ccccc1I. The maximum atomic E-state index is 12.4. The first-order valence-electron chi connectivity index (χ1n) is 6.05. The van der Waals surface area contributed by atoms with E-state index in [4.69, 9.17) is 0 Å². The molecule has 1 aromatic carbocycles. The fourth-order valence-corrected chi connectivity index (χ4v) is 2.14. The summed E-state index contributed by atoms with van der Waals surface area (Å²) in [6, 6.07) is 7.65. The zero-order chi connectivity index (χ0) is 13.4. The summed E-state index contributed by atoms with van der Waals surface area (Å²) in [6.07, 6.45) is 7.34. The lowest BCUT2D eigenvalue weighted by Crippen LogP contribution is -2.27.